The Morgan fingerprint density at radius 1 is 0.864 bits per heavy atom. The molecule has 1 heterocycles. The maximum Gasteiger partial charge on any atom is 0.328 e. The van der Waals surface area contributed by atoms with Crippen LogP contribution in [0.5, 0.6) is 0 Å². The van der Waals surface area contributed by atoms with Crippen LogP contribution in [0.15, 0.2) is 0 Å². The topological polar surface area (TPSA) is 219 Å². The molecule has 44 heavy (non-hydrogen) atoms. The lowest BCUT2D eigenvalue weighted by Crippen LogP contribution is -2.64. The van der Waals surface area contributed by atoms with E-state index < -0.39 is 73.0 Å². The van der Waals surface area contributed by atoms with E-state index in [4.69, 9.17) is 18.9 Å². The summed E-state index contributed by atoms with van der Waals surface area (Å²) in [6, 6.07) is -2.15. The van der Waals surface area contributed by atoms with Gasteiger partial charge in [-0.15, -0.1) is 0 Å². The molecule has 6 N–H and O–H groups in total. The van der Waals surface area contributed by atoms with Crippen molar-refractivity contribution in [3.05, 3.63) is 0 Å². The summed E-state index contributed by atoms with van der Waals surface area (Å²) in [6.45, 7) is 0.519. The third-order valence-corrected chi connectivity index (χ3v) is 7.98. The Balaban J connectivity index is 1.41. The second-order valence-electron chi connectivity index (χ2n) is 11.6. The number of nitrogens with one attached hydrogen (secondary N) is 3. The zero-order valence-corrected chi connectivity index (χ0v) is 25.2. The summed E-state index contributed by atoms with van der Waals surface area (Å²) in [5, 5.41) is 37.4. The first kappa shape index (κ1) is 35.6. The Kier molecular flexibility index (Phi) is 14.7. The van der Waals surface area contributed by atoms with Gasteiger partial charge in [-0.1, -0.05) is 0 Å². The van der Waals surface area contributed by atoms with Gasteiger partial charge < -0.3 is 50.2 Å². The van der Waals surface area contributed by atoms with Crippen molar-refractivity contribution in [2.24, 2.45) is 0 Å². The number of hydrogen-bond donors (Lipinski definition) is 6. The average molecular weight is 630 g/mol. The highest BCUT2D eigenvalue weighted by atomic mass is 16.7. The molecule has 6 atom stereocenters. The number of hydrogen-bond acceptors (Lipinski definition) is 12. The molecule has 1 aliphatic heterocycles. The molecule has 250 valence electrons. The fraction of sp³-hybridized carbons (Fsp3) is 0.828. The standard InChI is InChI=1S/C29H47N3O12/c1-17(34)31-25-27(39)26(38)21(16-33)44-29(25)41-15-14-30-22(35)11-12-23(36)32-20(28(40)43-19-8-4-5-9-19)10-13-24(37)42-18-6-2-3-7-18/h18-21,25-27,29,33,38-39H,2-16H2,1H3,(H,30,35)(H,31,34)(H,32,36)/t20-,21+,25+,26-,27+,29+/m0/s1. The molecule has 0 aromatic rings. The summed E-state index contributed by atoms with van der Waals surface area (Å²) in [5.41, 5.74) is 0. The van der Waals surface area contributed by atoms with Crippen LogP contribution < -0.4 is 16.0 Å². The van der Waals surface area contributed by atoms with E-state index in [0.29, 0.717) is 0 Å². The molecule has 0 aromatic carbocycles. The van der Waals surface area contributed by atoms with Gasteiger partial charge in [0.1, 0.15) is 42.6 Å². The summed E-state index contributed by atoms with van der Waals surface area (Å²) in [5.74, 6) is -2.55. The first-order valence-electron chi connectivity index (χ1n) is 15.5. The lowest BCUT2D eigenvalue weighted by Gasteiger charge is -2.42. The number of esters is 2. The summed E-state index contributed by atoms with van der Waals surface area (Å²) in [7, 11) is 0. The molecule has 0 unspecified atom stereocenters. The third-order valence-electron chi connectivity index (χ3n) is 7.98. The molecule has 3 aliphatic rings. The minimum atomic E-state index is -1.46. The Bertz CT molecular complexity index is 969. The Morgan fingerprint density at radius 2 is 1.48 bits per heavy atom. The van der Waals surface area contributed by atoms with Crippen LogP contribution in [0.4, 0.5) is 0 Å². The molecule has 3 amide bonds. The Labute approximate surface area is 256 Å². The smallest absolute Gasteiger partial charge is 0.328 e. The lowest BCUT2D eigenvalue weighted by atomic mass is 9.97. The molecule has 15 nitrogen and oxygen atoms in total. The van der Waals surface area contributed by atoms with Crippen LogP contribution >= 0.6 is 0 Å². The van der Waals surface area contributed by atoms with Crippen molar-refractivity contribution in [2.45, 2.75) is 133 Å². The van der Waals surface area contributed by atoms with Gasteiger partial charge in [-0.25, -0.2) is 4.79 Å². The van der Waals surface area contributed by atoms with Gasteiger partial charge in [0.05, 0.1) is 13.2 Å². The third kappa shape index (κ3) is 11.6. The number of aliphatic hydroxyl groups is 3. The minimum Gasteiger partial charge on any atom is -0.462 e. The van der Waals surface area contributed by atoms with Crippen molar-refractivity contribution in [1.29, 1.82) is 0 Å². The quantitative estimate of drug-likeness (QED) is 0.0902. The molecular weight excluding hydrogens is 582 g/mol. The summed E-state index contributed by atoms with van der Waals surface area (Å²) in [6.07, 6.45) is 1.12. The Hall–Kier alpha value is -2.85. The van der Waals surface area contributed by atoms with E-state index in [1.54, 1.807) is 0 Å². The van der Waals surface area contributed by atoms with Crippen LogP contribution in [-0.4, -0.2) is 114 Å². The highest BCUT2D eigenvalue weighted by Gasteiger charge is 2.45. The molecule has 0 spiro atoms. The first-order chi connectivity index (χ1) is 21.1. The number of amides is 3. The molecule has 2 saturated carbocycles. The van der Waals surface area contributed by atoms with E-state index >= 15 is 0 Å². The van der Waals surface area contributed by atoms with E-state index in [1.165, 1.54) is 6.92 Å². The number of carbonyl (C=O) groups is 5. The van der Waals surface area contributed by atoms with Crippen LogP contribution in [-0.2, 0) is 42.9 Å². The highest BCUT2D eigenvalue weighted by molar-refractivity contribution is 5.87. The van der Waals surface area contributed by atoms with E-state index in [9.17, 15) is 39.3 Å². The second kappa shape index (κ2) is 18.2. The zero-order valence-electron chi connectivity index (χ0n) is 25.2. The van der Waals surface area contributed by atoms with Crippen molar-refractivity contribution in [3.8, 4) is 0 Å². The number of rotatable bonds is 16. The van der Waals surface area contributed by atoms with Gasteiger partial charge in [-0.05, 0) is 57.8 Å². The molecule has 15 heteroatoms. The predicted octanol–water partition coefficient (Wildman–Crippen LogP) is -0.920. The van der Waals surface area contributed by atoms with E-state index in [-0.39, 0.29) is 51.0 Å². The fourth-order valence-corrected chi connectivity index (χ4v) is 5.58. The van der Waals surface area contributed by atoms with E-state index in [1.807, 2.05) is 0 Å². The molecule has 3 rings (SSSR count). The zero-order chi connectivity index (χ0) is 32.1. The maximum absolute atomic E-state index is 12.8. The van der Waals surface area contributed by atoms with Crippen molar-refractivity contribution in [2.75, 3.05) is 19.8 Å². The van der Waals surface area contributed by atoms with Gasteiger partial charge in [-0.3, -0.25) is 19.2 Å². The van der Waals surface area contributed by atoms with Crippen molar-refractivity contribution < 1.29 is 58.2 Å². The molecule has 0 radical (unpaired) electrons. The van der Waals surface area contributed by atoms with Crippen LogP contribution in [0.3, 0.4) is 0 Å². The van der Waals surface area contributed by atoms with Gasteiger partial charge in [-0.2, -0.15) is 0 Å². The molecule has 2 aliphatic carbocycles. The second-order valence-corrected chi connectivity index (χ2v) is 11.6. The summed E-state index contributed by atoms with van der Waals surface area (Å²) in [4.78, 5) is 61.6. The number of aliphatic hydroxyl groups excluding tert-OH is 3. The fourth-order valence-electron chi connectivity index (χ4n) is 5.58. The van der Waals surface area contributed by atoms with Crippen LogP contribution in [0.25, 0.3) is 0 Å². The van der Waals surface area contributed by atoms with Gasteiger partial charge in [0.15, 0.2) is 6.29 Å². The van der Waals surface area contributed by atoms with Gasteiger partial charge in [0, 0.05) is 32.7 Å². The van der Waals surface area contributed by atoms with Crippen LogP contribution in [0.2, 0.25) is 0 Å². The SMILES string of the molecule is CC(=O)N[C@H]1[C@H](OCCNC(=O)CCC(=O)N[C@@H](CCC(=O)OC2CCCC2)C(=O)OC2CCCC2)O[C@H](CO)[C@H](O)[C@@H]1O. The average Bonchev–Trinajstić information content (AvgIpc) is 3.70. The molecular formula is C29H47N3O12. The maximum atomic E-state index is 12.8. The van der Waals surface area contributed by atoms with Crippen molar-refractivity contribution >= 4 is 29.7 Å². The lowest BCUT2D eigenvalue weighted by molar-refractivity contribution is -0.269. The van der Waals surface area contributed by atoms with Crippen molar-refractivity contribution in [3.63, 3.8) is 0 Å². The summed E-state index contributed by atoms with van der Waals surface area (Å²) < 4.78 is 22.0. The van der Waals surface area contributed by atoms with E-state index in [0.717, 1.165) is 51.4 Å². The van der Waals surface area contributed by atoms with Crippen molar-refractivity contribution in [1.82, 2.24) is 16.0 Å². The molecule has 3 fully saturated rings. The molecule has 0 bridgehead atoms. The number of ether oxygens (including phenoxy) is 4. The van der Waals surface area contributed by atoms with Crippen LogP contribution in [0.1, 0.15) is 84.0 Å². The largest absolute Gasteiger partial charge is 0.462 e. The first-order valence-corrected chi connectivity index (χ1v) is 15.5. The predicted molar refractivity (Wildman–Crippen MR) is 151 cm³/mol. The summed E-state index contributed by atoms with van der Waals surface area (Å²) >= 11 is 0. The highest BCUT2D eigenvalue weighted by Crippen LogP contribution is 2.24. The normalized spacial score (nSPS) is 26.5. The number of carbonyl (C=O) groups excluding carboxylic acids is 5. The van der Waals surface area contributed by atoms with E-state index in [2.05, 4.69) is 16.0 Å². The molecule has 1 saturated heterocycles. The molecule has 0 aromatic heterocycles. The minimum absolute atomic E-state index is 0.00497. The van der Waals surface area contributed by atoms with Gasteiger partial charge in [0.2, 0.25) is 17.7 Å². The monoisotopic (exact) mass is 629 g/mol. The van der Waals surface area contributed by atoms with Crippen LogP contribution in [0, 0.1) is 0 Å². The van der Waals surface area contributed by atoms with Gasteiger partial charge >= 0.3 is 11.9 Å². The van der Waals surface area contributed by atoms with Gasteiger partial charge in [0.25, 0.3) is 0 Å². The Morgan fingerprint density at radius 3 is 2.09 bits per heavy atom.